The van der Waals surface area contributed by atoms with Crippen LogP contribution in [0, 0.1) is 0 Å². The van der Waals surface area contributed by atoms with E-state index in [0.717, 1.165) is 30.3 Å². The number of benzene rings is 1. The quantitative estimate of drug-likeness (QED) is 0.506. The van der Waals surface area contributed by atoms with Gasteiger partial charge in [0.2, 0.25) is 0 Å². The smallest absolute Gasteiger partial charge is 0.352 e. The van der Waals surface area contributed by atoms with Gasteiger partial charge >= 0.3 is 5.97 Å². The molecule has 0 aliphatic carbocycles. The van der Waals surface area contributed by atoms with E-state index in [1.807, 2.05) is 19.1 Å². The van der Waals surface area contributed by atoms with E-state index in [4.69, 9.17) is 4.74 Å². The molecule has 28 heavy (non-hydrogen) atoms. The molecule has 2 rings (SSSR count). The number of aromatic nitrogens is 2. The molecular formula is C18H23N5O4S. The van der Waals surface area contributed by atoms with Crippen molar-refractivity contribution in [2.24, 2.45) is 0 Å². The zero-order valence-corrected chi connectivity index (χ0v) is 16.8. The van der Waals surface area contributed by atoms with Crippen molar-refractivity contribution in [1.82, 2.24) is 20.4 Å². The van der Waals surface area contributed by atoms with Crippen LogP contribution in [-0.2, 0) is 16.0 Å². The molecule has 0 spiro atoms. The summed E-state index contributed by atoms with van der Waals surface area (Å²) in [6.07, 6.45) is 0.538. The van der Waals surface area contributed by atoms with Crippen LogP contribution in [0.4, 0.5) is 5.69 Å². The van der Waals surface area contributed by atoms with Crippen molar-refractivity contribution in [2.75, 3.05) is 24.6 Å². The van der Waals surface area contributed by atoms with Crippen LogP contribution in [0.2, 0.25) is 0 Å². The molecule has 150 valence electrons. The summed E-state index contributed by atoms with van der Waals surface area (Å²) in [6.45, 7) is 7.16. The highest BCUT2D eigenvalue weighted by Crippen LogP contribution is 2.15. The lowest BCUT2D eigenvalue weighted by atomic mass is 10.2. The highest BCUT2D eigenvalue weighted by molar-refractivity contribution is 7.07. The summed E-state index contributed by atoms with van der Waals surface area (Å²) in [4.78, 5) is 38.3. The van der Waals surface area contributed by atoms with Gasteiger partial charge < -0.3 is 9.64 Å². The number of anilines is 1. The predicted octanol–water partition coefficient (Wildman–Crippen LogP) is 1.56. The number of rotatable bonds is 8. The number of hydrogen-bond donors (Lipinski definition) is 2. The molecule has 1 aromatic heterocycles. The molecule has 0 fully saturated rings. The zero-order chi connectivity index (χ0) is 20.5. The number of hydrogen-bond acceptors (Lipinski definition) is 8. The van der Waals surface area contributed by atoms with Gasteiger partial charge in [-0.25, -0.2) is 4.79 Å². The van der Waals surface area contributed by atoms with Gasteiger partial charge in [-0.3, -0.25) is 20.4 Å². The fourth-order valence-electron chi connectivity index (χ4n) is 2.44. The number of aryl methyl sites for hydroxylation is 1. The molecule has 0 atom stereocenters. The van der Waals surface area contributed by atoms with E-state index in [1.165, 1.54) is 0 Å². The SMILES string of the molecule is CCc1nnsc1C(=O)OCC(=O)NNC(=O)c1ccc(N(CC)CC)cc1. The van der Waals surface area contributed by atoms with Crippen LogP contribution < -0.4 is 15.8 Å². The van der Waals surface area contributed by atoms with Crippen LogP contribution in [0.1, 0.15) is 46.5 Å². The topological polar surface area (TPSA) is 114 Å². The van der Waals surface area contributed by atoms with Gasteiger partial charge in [-0.2, -0.15) is 0 Å². The second kappa shape index (κ2) is 10.4. The van der Waals surface area contributed by atoms with Crippen molar-refractivity contribution < 1.29 is 19.1 Å². The molecule has 2 aromatic rings. The molecule has 0 saturated carbocycles. The first-order valence-corrected chi connectivity index (χ1v) is 9.69. The molecule has 1 aromatic carbocycles. The third-order valence-electron chi connectivity index (χ3n) is 3.98. The van der Waals surface area contributed by atoms with Gasteiger partial charge in [0.25, 0.3) is 11.8 Å². The van der Waals surface area contributed by atoms with Gasteiger partial charge in [0.15, 0.2) is 11.5 Å². The molecule has 0 radical (unpaired) electrons. The lowest BCUT2D eigenvalue weighted by Gasteiger charge is -2.21. The minimum atomic E-state index is -0.666. The Morgan fingerprint density at radius 1 is 1.07 bits per heavy atom. The molecule has 10 heteroatoms. The molecule has 0 aliphatic heterocycles. The molecule has 2 amide bonds. The Morgan fingerprint density at radius 2 is 1.75 bits per heavy atom. The van der Waals surface area contributed by atoms with E-state index in [1.54, 1.807) is 12.1 Å². The molecule has 0 bridgehead atoms. The maximum absolute atomic E-state index is 12.1. The number of carbonyl (C=O) groups is 3. The van der Waals surface area contributed by atoms with Gasteiger partial charge in [0.05, 0.1) is 5.69 Å². The molecule has 0 aliphatic rings. The lowest BCUT2D eigenvalue weighted by molar-refractivity contribution is -0.125. The summed E-state index contributed by atoms with van der Waals surface area (Å²) in [6, 6.07) is 7.05. The van der Waals surface area contributed by atoms with E-state index in [2.05, 4.69) is 39.2 Å². The number of amides is 2. The van der Waals surface area contributed by atoms with Crippen LogP contribution in [-0.4, -0.2) is 47.1 Å². The maximum Gasteiger partial charge on any atom is 0.352 e. The van der Waals surface area contributed by atoms with Crippen LogP contribution in [0.25, 0.3) is 0 Å². The van der Waals surface area contributed by atoms with Crippen molar-refractivity contribution in [1.29, 1.82) is 0 Å². The molecule has 0 unspecified atom stereocenters. The Labute approximate surface area is 167 Å². The number of ether oxygens (including phenoxy) is 1. The second-order valence-electron chi connectivity index (χ2n) is 5.70. The average Bonchev–Trinajstić information content (AvgIpc) is 3.20. The number of esters is 1. The van der Waals surface area contributed by atoms with E-state index in [0.29, 0.717) is 17.7 Å². The predicted molar refractivity (Wildman–Crippen MR) is 105 cm³/mol. The van der Waals surface area contributed by atoms with E-state index < -0.39 is 24.4 Å². The Hall–Kier alpha value is -3.01. The summed E-state index contributed by atoms with van der Waals surface area (Å²) < 4.78 is 8.61. The lowest BCUT2D eigenvalue weighted by Crippen LogP contribution is -2.43. The summed E-state index contributed by atoms with van der Waals surface area (Å²) >= 11 is 0.915. The van der Waals surface area contributed by atoms with E-state index in [9.17, 15) is 14.4 Å². The molecule has 0 saturated heterocycles. The van der Waals surface area contributed by atoms with Crippen molar-refractivity contribution in [3.8, 4) is 0 Å². The van der Waals surface area contributed by atoms with Crippen molar-refractivity contribution in [2.45, 2.75) is 27.2 Å². The van der Waals surface area contributed by atoms with Crippen LogP contribution in [0.5, 0.6) is 0 Å². The van der Waals surface area contributed by atoms with Gasteiger partial charge in [0, 0.05) is 24.3 Å². The second-order valence-corrected chi connectivity index (χ2v) is 6.45. The fraction of sp³-hybridized carbons (Fsp3) is 0.389. The molecular weight excluding hydrogens is 382 g/mol. The third-order valence-corrected chi connectivity index (χ3v) is 4.73. The summed E-state index contributed by atoms with van der Waals surface area (Å²) in [7, 11) is 0. The van der Waals surface area contributed by atoms with Crippen molar-refractivity contribution in [3.05, 3.63) is 40.4 Å². The van der Waals surface area contributed by atoms with Gasteiger partial charge in [-0.1, -0.05) is 11.4 Å². The van der Waals surface area contributed by atoms with E-state index in [-0.39, 0.29) is 4.88 Å². The Morgan fingerprint density at radius 3 is 2.36 bits per heavy atom. The van der Waals surface area contributed by atoms with E-state index >= 15 is 0 Å². The third kappa shape index (κ3) is 5.49. The number of carbonyl (C=O) groups excluding carboxylic acids is 3. The van der Waals surface area contributed by atoms with Crippen molar-refractivity contribution >= 4 is 35.0 Å². The zero-order valence-electron chi connectivity index (χ0n) is 16.0. The Kier molecular flexibility index (Phi) is 7.88. The first-order chi connectivity index (χ1) is 13.5. The standard InChI is InChI=1S/C18H23N5O4S/c1-4-14-16(28-22-19-14)18(26)27-11-15(24)20-21-17(25)12-7-9-13(10-8-12)23(5-2)6-3/h7-10H,4-6,11H2,1-3H3,(H,20,24)(H,21,25). The first-order valence-electron chi connectivity index (χ1n) is 8.92. The minimum Gasteiger partial charge on any atom is -0.451 e. The number of hydrazine groups is 1. The number of nitrogens with one attached hydrogen (secondary N) is 2. The highest BCUT2D eigenvalue weighted by atomic mass is 32.1. The van der Waals surface area contributed by atoms with Crippen LogP contribution >= 0.6 is 11.5 Å². The minimum absolute atomic E-state index is 0.271. The Balaban J connectivity index is 1.80. The monoisotopic (exact) mass is 405 g/mol. The van der Waals surface area contributed by atoms with Crippen LogP contribution in [0.15, 0.2) is 24.3 Å². The normalized spacial score (nSPS) is 10.2. The summed E-state index contributed by atoms with van der Waals surface area (Å²) in [5.41, 5.74) is 6.45. The largest absolute Gasteiger partial charge is 0.451 e. The van der Waals surface area contributed by atoms with Crippen molar-refractivity contribution in [3.63, 3.8) is 0 Å². The molecule has 2 N–H and O–H groups in total. The maximum atomic E-state index is 12.1. The highest BCUT2D eigenvalue weighted by Gasteiger charge is 2.18. The molecule has 1 heterocycles. The van der Waals surface area contributed by atoms with Gasteiger partial charge in [-0.05, 0) is 56.1 Å². The van der Waals surface area contributed by atoms with Crippen LogP contribution in [0.3, 0.4) is 0 Å². The average molecular weight is 405 g/mol. The molecule has 9 nitrogen and oxygen atoms in total. The van der Waals surface area contributed by atoms with Gasteiger partial charge in [-0.15, -0.1) is 5.10 Å². The first kappa shape index (κ1) is 21.3. The fourth-order valence-corrected chi connectivity index (χ4v) is 3.08. The Bertz CT molecular complexity index is 818. The summed E-state index contributed by atoms with van der Waals surface area (Å²) in [5.74, 6) is -1.79. The number of nitrogens with zero attached hydrogens (tertiary/aromatic N) is 3. The summed E-state index contributed by atoms with van der Waals surface area (Å²) in [5, 5.41) is 3.81. The van der Waals surface area contributed by atoms with Gasteiger partial charge in [0.1, 0.15) is 0 Å².